The Morgan fingerprint density at radius 1 is 1.29 bits per heavy atom. The lowest BCUT2D eigenvalue weighted by molar-refractivity contribution is -0.119. The van der Waals surface area contributed by atoms with Gasteiger partial charge < -0.3 is 10.1 Å². The van der Waals surface area contributed by atoms with Crippen LogP contribution in [0.15, 0.2) is 24.3 Å². The number of benzene rings is 1. The Morgan fingerprint density at radius 3 is 2.65 bits per heavy atom. The summed E-state index contributed by atoms with van der Waals surface area (Å²) in [6.07, 6.45) is 0.104. The number of hydrogen-bond donors (Lipinski definition) is 1. The molecule has 0 saturated heterocycles. The second kappa shape index (κ2) is 6.91. The van der Waals surface area contributed by atoms with Gasteiger partial charge in [-0.25, -0.2) is 0 Å². The van der Waals surface area contributed by atoms with Gasteiger partial charge in [0.25, 0.3) is 0 Å². The minimum atomic E-state index is -0.516. The van der Waals surface area contributed by atoms with Crippen molar-refractivity contribution >= 4 is 28.4 Å². The van der Waals surface area contributed by atoms with Crippen molar-refractivity contribution in [2.75, 3.05) is 11.9 Å². The van der Waals surface area contributed by atoms with Crippen LogP contribution in [0.3, 0.4) is 0 Å². The van der Waals surface area contributed by atoms with E-state index in [1.807, 2.05) is 13.0 Å². The van der Waals surface area contributed by atoms with Gasteiger partial charge in [0.2, 0.25) is 11.1 Å². The van der Waals surface area contributed by atoms with Crippen molar-refractivity contribution < 1.29 is 14.3 Å². The van der Waals surface area contributed by atoms with Crippen molar-refractivity contribution in [2.24, 2.45) is 0 Å². The zero-order chi connectivity index (χ0) is 12.7. The van der Waals surface area contributed by atoms with E-state index >= 15 is 0 Å². The topological polar surface area (TPSA) is 55.4 Å². The monoisotopic (exact) mass is 255 g/mol. The van der Waals surface area contributed by atoms with Gasteiger partial charge in [-0.15, -0.1) is 0 Å². The number of carbonyl (C=O) groups excluding carboxylic acids is 2. The van der Waals surface area contributed by atoms with Crippen LogP contribution >= 0.6 is 11.6 Å². The fourth-order valence-electron chi connectivity index (χ4n) is 1.28. The minimum Gasteiger partial charge on any atom is -0.492 e. The Kier molecular flexibility index (Phi) is 5.49. The van der Waals surface area contributed by atoms with Gasteiger partial charge >= 0.3 is 0 Å². The number of anilines is 1. The Labute approximate surface area is 105 Å². The van der Waals surface area contributed by atoms with Crippen LogP contribution in [0.25, 0.3) is 0 Å². The Bertz CT molecular complexity index is 406. The van der Waals surface area contributed by atoms with Crippen molar-refractivity contribution in [3.63, 3.8) is 0 Å². The molecule has 0 aromatic heterocycles. The highest BCUT2D eigenvalue weighted by Gasteiger charge is 2.08. The summed E-state index contributed by atoms with van der Waals surface area (Å²) in [6, 6.07) is 7.13. The number of halogens is 1. The summed E-state index contributed by atoms with van der Waals surface area (Å²) in [4.78, 5) is 22.0. The average molecular weight is 256 g/mol. The van der Waals surface area contributed by atoms with Crippen molar-refractivity contribution in [1.82, 2.24) is 0 Å². The van der Waals surface area contributed by atoms with E-state index in [4.69, 9.17) is 16.3 Å². The minimum absolute atomic E-state index is 0.0319. The van der Waals surface area contributed by atoms with Crippen LogP contribution in [-0.4, -0.2) is 17.8 Å². The zero-order valence-electron chi connectivity index (χ0n) is 9.53. The van der Waals surface area contributed by atoms with Gasteiger partial charge in [-0.05, 0) is 30.7 Å². The molecule has 0 bridgehead atoms. The largest absolute Gasteiger partial charge is 0.492 e. The number of amides is 1. The molecule has 0 fully saturated rings. The van der Waals surface area contributed by atoms with Gasteiger partial charge in [0, 0.05) is 12.8 Å². The van der Waals surface area contributed by atoms with Crippen molar-refractivity contribution in [3.8, 4) is 5.75 Å². The molecule has 17 heavy (non-hydrogen) atoms. The summed E-state index contributed by atoms with van der Waals surface area (Å²) in [6.45, 7) is 2.39. The van der Waals surface area contributed by atoms with Crippen molar-refractivity contribution in [2.45, 2.75) is 19.8 Å². The molecule has 1 aromatic rings. The van der Waals surface area contributed by atoms with Crippen LogP contribution in [-0.2, 0) is 9.59 Å². The Balaban J connectivity index is 2.61. The van der Waals surface area contributed by atoms with Gasteiger partial charge in [-0.3, -0.25) is 9.59 Å². The lowest BCUT2D eigenvalue weighted by atomic mass is 10.2. The standard InChI is InChI=1S/C12H14ClNO3/c1-2-17-10-6-4-3-5-9(10)14-12(16)8-7-11(13)15/h3-6H,2,7-8H2,1H3,(H,14,16). The summed E-state index contributed by atoms with van der Waals surface area (Å²) in [5.41, 5.74) is 0.598. The molecule has 1 N–H and O–H groups in total. The Morgan fingerprint density at radius 2 is 2.00 bits per heavy atom. The maximum atomic E-state index is 11.5. The van der Waals surface area contributed by atoms with Gasteiger partial charge in [0.05, 0.1) is 12.3 Å². The molecule has 0 saturated carbocycles. The first-order valence-electron chi connectivity index (χ1n) is 5.33. The molecule has 1 aromatic carbocycles. The molecule has 0 heterocycles. The third-order valence-electron chi connectivity index (χ3n) is 2.01. The first-order chi connectivity index (χ1) is 8.13. The van der Waals surface area contributed by atoms with E-state index in [9.17, 15) is 9.59 Å². The van der Waals surface area contributed by atoms with E-state index in [-0.39, 0.29) is 18.7 Å². The molecule has 0 atom stereocenters. The first kappa shape index (κ1) is 13.5. The van der Waals surface area contributed by atoms with Crippen LogP contribution in [0.1, 0.15) is 19.8 Å². The molecule has 0 radical (unpaired) electrons. The van der Waals surface area contributed by atoms with Gasteiger partial charge in [-0.2, -0.15) is 0 Å². The molecule has 0 unspecified atom stereocenters. The number of rotatable bonds is 6. The van der Waals surface area contributed by atoms with Gasteiger partial charge in [0.1, 0.15) is 5.75 Å². The van der Waals surface area contributed by atoms with Crippen LogP contribution < -0.4 is 10.1 Å². The fourth-order valence-corrected chi connectivity index (χ4v) is 1.37. The molecule has 0 aliphatic heterocycles. The van der Waals surface area contributed by atoms with E-state index in [2.05, 4.69) is 5.32 Å². The fraction of sp³-hybridized carbons (Fsp3) is 0.333. The maximum Gasteiger partial charge on any atom is 0.224 e. The van der Waals surface area contributed by atoms with Gasteiger partial charge in [-0.1, -0.05) is 12.1 Å². The molecule has 0 aliphatic rings. The number of para-hydroxylation sites is 2. The van der Waals surface area contributed by atoms with E-state index in [0.29, 0.717) is 18.0 Å². The highest BCUT2D eigenvalue weighted by Crippen LogP contribution is 2.23. The van der Waals surface area contributed by atoms with Crippen LogP contribution in [0.5, 0.6) is 5.75 Å². The number of hydrogen-bond acceptors (Lipinski definition) is 3. The van der Waals surface area contributed by atoms with E-state index in [1.54, 1.807) is 18.2 Å². The quantitative estimate of drug-likeness (QED) is 0.795. The number of carbonyl (C=O) groups is 2. The van der Waals surface area contributed by atoms with E-state index in [0.717, 1.165) is 0 Å². The second-order valence-corrected chi connectivity index (χ2v) is 3.75. The van der Waals surface area contributed by atoms with Crippen molar-refractivity contribution in [1.29, 1.82) is 0 Å². The Hall–Kier alpha value is -1.55. The lowest BCUT2D eigenvalue weighted by Gasteiger charge is -2.10. The molecule has 92 valence electrons. The number of nitrogens with one attached hydrogen (secondary N) is 1. The van der Waals surface area contributed by atoms with Gasteiger partial charge in [0.15, 0.2) is 0 Å². The second-order valence-electron chi connectivity index (χ2n) is 3.33. The molecule has 5 heteroatoms. The predicted octanol–water partition coefficient (Wildman–Crippen LogP) is 2.57. The molecule has 4 nitrogen and oxygen atoms in total. The summed E-state index contributed by atoms with van der Waals surface area (Å²) in [5.74, 6) is 0.353. The molecule has 1 rings (SSSR count). The normalized spacial score (nSPS) is 9.76. The van der Waals surface area contributed by atoms with Crippen LogP contribution in [0.2, 0.25) is 0 Å². The first-order valence-corrected chi connectivity index (χ1v) is 5.71. The van der Waals surface area contributed by atoms with Crippen LogP contribution in [0.4, 0.5) is 5.69 Å². The summed E-state index contributed by atoms with van der Waals surface area (Å²) in [7, 11) is 0. The molecule has 0 aliphatic carbocycles. The molecule has 1 amide bonds. The third-order valence-corrected chi connectivity index (χ3v) is 2.20. The molecular weight excluding hydrogens is 242 g/mol. The smallest absolute Gasteiger partial charge is 0.224 e. The molecule has 0 spiro atoms. The third kappa shape index (κ3) is 4.87. The highest BCUT2D eigenvalue weighted by molar-refractivity contribution is 6.63. The maximum absolute atomic E-state index is 11.5. The SMILES string of the molecule is CCOc1ccccc1NC(=O)CCC(=O)Cl. The van der Waals surface area contributed by atoms with Crippen LogP contribution in [0, 0.1) is 0 Å². The van der Waals surface area contributed by atoms with E-state index < -0.39 is 5.24 Å². The average Bonchev–Trinajstić information content (AvgIpc) is 2.29. The molecular formula is C12H14ClNO3. The number of ether oxygens (including phenoxy) is 1. The summed E-state index contributed by atoms with van der Waals surface area (Å²) in [5, 5.41) is 2.16. The van der Waals surface area contributed by atoms with E-state index in [1.165, 1.54) is 0 Å². The lowest BCUT2D eigenvalue weighted by Crippen LogP contribution is -2.13. The highest BCUT2D eigenvalue weighted by atomic mass is 35.5. The predicted molar refractivity (Wildman–Crippen MR) is 66.3 cm³/mol. The summed E-state index contributed by atoms with van der Waals surface area (Å²) < 4.78 is 5.36. The van der Waals surface area contributed by atoms with Crippen molar-refractivity contribution in [3.05, 3.63) is 24.3 Å². The summed E-state index contributed by atoms with van der Waals surface area (Å²) >= 11 is 5.16. The zero-order valence-corrected chi connectivity index (χ0v) is 10.3.